The maximum atomic E-state index is 12.8. The highest BCUT2D eigenvalue weighted by atomic mass is 32.2. The molecule has 1 aromatic heterocycles. The molecule has 8 heteroatoms. The van der Waals surface area contributed by atoms with E-state index >= 15 is 0 Å². The van der Waals surface area contributed by atoms with Crippen molar-refractivity contribution in [2.45, 2.75) is 38.1 Å². The van der Waals surface area contributed by atoms with Crippen molar-refractivity contribution in [3.05, 3.63) is 48.0 Å². The molecule has 0 atom stereocenters. The molecule has 28 heavy (non-hydrogen) atoms. The number of rotatable bonds is 7. The molecule has 1 aliphatic heterocycles. The minimum Gasteiger partial charge on any atom is -0.333 e. The Morgan fingerprint density at radius 1 is 1.07 bits per heavy atom. The summed E-state index contributed by atoms with van der Waals surface area (Å²) in [5, 5.41) is 0. The number of nitrogens with zero attached hydrogens (tertiary/aromatic N) is 4. The molecule has 0 spiro atoms. The highest BCUT2D eigenvalue weighted by Gasteiger charge is 2.28. The maximum Gasteiger partial charge on any atom is 0.243 e. The Labute approximate surface area is 167 Å². The van der Waals surface area contributed by atoms with Gasteiger partial charge in [0.2, 0.25) is 10.0 Å². The van der Waals surface area contributed by atoms with Gasteiger partial charge < -0.3 is 4.57 Å². The Bertz CT molecular complexity index is 911. The zero-order valence-electron chi connectivity index (χ0n) is 16.7. The first-order valence-corrected chi connectivity index (χ1v) is 11.1. The Morgan fingerprint density at radius 3 is 2.29 bits per heavy atom. The van der Waals surface area contributed by atoms with E-state index in [0.29, 0.717) is 37.7 Å². The summed E-state index contributed by atoms with van der Waals surface area (Å²) in [6.45, 7) is 9.81. The molecule has 7 nitrogen and oxygen atoms in total. The van der Waals surface area contributed by atoms with Crippen LogP contribution in [-0.2, 0) is 16.6 Å². The Morgan fingerprint density at radius 2 is 1.71 bits per heavy atom. The maximum absolute atomic E-state index is 12.8. The number of hydrogen-bond donors (Lipinski definition) is 0. The average Bonchev–Trinajstić information content (AvgIpc) is 3.16. The average molecular weight is 405 g/mol. The second-order valence-electron chi connectivity index (χ2n) is 7.46. The number of aromatic nitrogens is 2. The van der Waals surface area contributed by atoms with Crippen molar-refractivity contribution in [1.29, 1.82) is 0 Å². The van der Waals surface area contributed by atoms with Crippen LogP contribution in [-0.4, -0.2) is 65.7 Å². The molecule has 3 rings (SSSR count). The molecule has 2 aromatic rings. The second kappa shape index (κ2) is 8.55. The quantitative estimate of drug-likeness (QED) is 0.662. The fourth-order valence-corrected chi connectivity index (χ4v) is 4.89. The van der Waals surface area contributed by atoms with Gasteiger partial charge in [-0.15, -0.1) is 0 Å². The summed E-state index contributed by atoms with van der Waals surface area (Å²) in [6.07, 6.45) is 3.83. The summed E-state index contributed by atoms with van der Waals surface area (Å²) in [4.78, 5) is 18.3. The van der Waals surface area contributed by atoms with Crippen LogP contribution in [0.4, 0.5) is 0 Å². The van der Waals surface area contributed by atoms with E-state index in [9.17, 15) is 13.2 Å². The van der Waals surface area contributed by atoms with E-state index in [1.165, 1.54) is 23.4 Å². The zero-order chi connectivity index (χ0) is 20.3. The van der Waals surface area contributed by atoms with Crippen molar-refractivity contribution in [3.8, 4) is 0 Å². The number of imidazole rings is 1. The van der Waals surface area contributed by atoms with Gasteiger partial charge in [0, 0.05) is 63.1 Å². The largest absolute Gasteiger partial charge is 0.333 e. The third-order valence-corrected chi connectivity index (χ3v) is 7.06. The number of carbonyl (C=O) groups excluding carboxylic acids is 1. The van der Waals surface area contributed by atoms with Crippen molar-refractivity contribution in [2.75, 3.05) is 32.7 Å². The number of sulfonamides is 1. The van der Waals surface area contributed by atoms with Gasteiger partial charge >= 0.3 is 0 Å². The van der Waals surface area contributed by atoms with E-state index in [4.69, 9.17) is 0 Å². The van der Waals surface area contributed by atoms with E-state index in [0.717, 1.165) is 18.9 Å². The van der Waals surface area contributed by atoms with Gasteiger partial charge in [0.25, 0.3) is 0 Å². The molecule has 1 aromatic carbocycles. The first-order valence-electron chi connectivity index (χ1n) is 9.63. The van der Waals surface area contributed by atoms with Gasteiger partial charge in [0.15, 0.2) is 5.78 Å². The van der Waals surface area contributed by atoms with Crippen molar-refractivity contribution in [2.24, 2.45) is 0 Å². The lowest BCUT2D eigenvalue weighted by molar-refractivity contribution is 0.101. The molecule has 1 fully saturated rings. The first-order chi connectivity index (χ1) is 13.3. The van der Waals surface area contributed by atoms with E-state index in [1.54, 1.807) is 12.1 Å². The minimum absolute atomic E-state index is 0.0731. The first kappa shape index (κ1) is 20.7. The molecule has 2 heterocycles. The predicted molar refractivity (Wildman–Crippen MR) is 108 cm³/mol. The molecule has 1 aliphatic rings. The van der Waals surface area contributed by atoms with Crippen molar-refractivity contribution in [1.82, 2.24) is 18.8 Å². The van der Waals surface area contributed by atoms with Crippen LogP contribution in [0, 0.1) is 0 Å². The molecule has 0 N–H and O–H groups in total. The Hall–Kier alpha value is -2.03. The number of Topliss-reactive ketones (excluding diaryl/α,β-unsaturated/α-hetero) is 1. The van der Waals surface area contributed by atoms with Gasteiger partial charge in [-0.25, -0.2) is 13.4 Å². The fraction of sp³-hybridized carbons (Fsp3) is 0.500. The topological polar surface area (TPSA) is 75.5 Å². The fourth-order valence-electron chi connectivity index (χ4n) is 3.46. The van der Waals surface area contributed by atoms with Crippen molar-refractivity contribution in [3.63, 3.8) is 0 Å². The second-order valence-corrected chi connectivity index (χ2v) is 9.40. The van der Waals surface area contributed by atoms with E-state index in [2.05, 4.69) is 28.3 Å². The number of ketones is 1. The molecular formula is C20H28N4O3S. The zero-order valence-corrected chi connectivity index (χ0v) is 17.5. The molecule has 0 saturated carbocycles. The van der Waals surface area contributed by atoms with Crippen LogP contribution < -0.4 is 0 Å². The lowest BCUT2D eigenvalue weighted by Crippen LogP contribution is -2.49. The summed E-state index contributed by atoms with van der Waals surface area (Å²) in [5.41, 5.74) is 0.518. The molecule has 0 bridgehead atoms. The molecule has 0 amide bonds. The SMILES string of the molecule is CC(=O)c1ccc(S(=O)(=O)N2CCN(CCn3ccnc3C(C)C)CC2)cc1. The van der Waals surface area contributed by atoms with Gasteiger partial charge in [-0.2, -0.15) is 4.31 Å². The normalized spacial score (nSPS) is 16.6. The van der Waals surface area contributed by atoms with Crippen molar-refractivity contribution < 1.29 is 13.2 Å². The predicted octanol–water partition coefficient (Wildman–Crippen LogP) is 2.22. The molecule has 152 valence electrons. The lowest BCUT2D eigenvalue weighted by atomic mass is 10.2. The van der Waals surface area contributed by atoms with Crippen LogP contribution in [0.25, 0.3) is 0 Å². The van der Waals surface area contributed by atoms with Crippen molar-refractivity contribution >= 4 is 15.8 Å². The number of hydrogen-bond acceptors (Lipinski definition) is 5. The summed E-state index contributed by atoms with van der Waals surface area (Å²) >= 11 is 0. The van der Waals surface area contributed by atoms with E-state index in [1.807, 2.05) is 12.4 Å². The van der Waals surface area contributed by atoms with Crippen LogP contribution in [0.5, 0.6) is 0 Å². The Kier molecular flexibility index (Phi) is 6.32. The van der Waals surface area contributed by atoms with Gasteiger partial charge in [-0.05, 0) is 19.1 Å². The summed E-state index contributed by atoms with van der Waals surface area (Å²) < 4.78 is 29.4. The summed E-state index contributed by atoms with van der Waals surface area (Å²) in [5.74, 6) is 1.39. The standard InChI is InChI=1S/C20H28N4O3S/c1-16(2)20-21-8-9-23(20)13-10-22-11-14-24(15-12-22)28(26,27)19-6-4-18(5-7-19)17(3)25/h4-9,16H,10-15H2,1-3H3. The van der Waals surface area contributed by atoms with Gasteiger partial charge in [-0.3, -0.25) is 9.69 Å². The highest BCUT2D eigenvalue weighted by Crippen LogP contribution is 2.19. The molecule has 0 aliphatic carbocycles. The third kappa shape index (κ3) is 4.51. The summed E-state index contributed by atoms with van der Waals surface area (Å²) in [6, 6.07) is 6.18. The lowest BCUT2D eigenvalue weighted by Gasteiger charge is -2.34. The van der Waals surface area contributed by atoms with E-state index < -0.39 is 10.0 Å². The Balaban J connectivity index is 1.57. The molecular weight excluding hydrogens is 376 g/mol. The van der Waals surface area contributed by atoms with Crippen LogP contribution in [0.2, 0.25) is 0 Å². The summed E-state index contributed by atoms with van der Waals surface area (Å²) in [7, 11) is -3.52. The molecule has 1 saturated heterocycles. The van der Waals surface area contributed by atoms with Gasteiger partial charge in [0.1, 0.15) is 5.82 Å². The van der Waals surface area contributed by atoms with Gasteiger partial charge in [-0.1, -0.05) is 26.0 Å². The monoisotopic (exact) mass is 404 g/mol. The third-order valence-electron chi connectivity index (χ3n) is 5.15. The minimum atomic E-state index is -3.52. The van der Waals surface area contributed by atoms with Crippen LogP contribution in [0.1, 0.15) is 42.9 Å². The van der Waals surface area contributed by atoms with Crippen LogP contribution >= 0.6 is 0 Å². The molecule has 0 unspecified atom stereocenters. The molecule has 0 radical (unpaired) electrons. The number of benzene rings is 1. The van der Waals surface area contributed by atoms with E-state index in [-0.39, 0.29) is 10.7 Å². The number of carbonyl (C=O) groups is 1. The van der Waals surface area contributed by atoms with Crippen LogP contribution in [0.3, 0.4) is 0 Å². The van der Waals surface area contributed by atoms with Gasteiger partial charge in [0.05, 0.1) is 4.90 Å². The highest BCUT2D eigenvalue weighted by molar-refractivity contribution is 7.89. The van der Waals surface area contributed by atoms with Crippen LogP contribution in [0.15, 0.2) is 41.6 Å². The number of piperazine rings is 1. The smallest absolute Gasteiger partial charge is 0.243 e.